The Kier molecular flexibility index (Phi) is 4.39. The predicted octanol–water partition coefficient (Wildman–Crippen LogP) is 3.86. The summed E-state index contributed by atoms with van der Waals surface area (Å²) in [7, 11) is 0. The summed E-state index contributed by atoms with van der Waals surface area (Å²) in [6, 6.07) is 3.67. The van der Waals surface area contributed by atoms with E-state index in [2.05, 4.69) is 17.1 Å². The van der Waals surface area contributed by atoms with E-state index in [1.807, 2.05) is 12.1 Å². The van der Waals surface area contributed by atoms with E-state index in [1.54, 1.807) is 0 Å². The van der Waals surface area contributed by atoms with E-state index in [9.17, 15) is 0 Å². The Bertz CT molecular complexity index is 568. The molecule has 1 aliphatic carbocycles. The Hall–Kier alpha value is -1.62. The van der Waals surface area contributed by atoms with Gasteiger partial charge in [0.05, 0.1) is 6.54 Å². The van der Waals surface area contributed by atoms with Gasteiger partial charge in [0, 0.05) is 5.92 Å². The smallest absolute Gasteiger partial charge is 0.293 e. The zero-order valence-electron chi connectivity index (χ0n) is 12.5. The summed E-state index contributed by atoms with van der Waals surface area (Å²) >= 11 is 0. The van der Waals surface area contributed by atoms with E-state index < -0.39 is 0 Å². The summed E-state index contributed by atoms with van der Waals surface area (Å²) in [6.45, 7) is 2.64. The van der Waals surface area contributed by atoms with E-state index in [-0.39, 0.29) is 0 Å². The molecule has 1 aliphatic rings. The number of hydrogen-bond donors (Lipinski definition) is 1. The van der Waals surface area contributed by atoms with Crippen molar-refractivity contribution in [3.8, 4) is 11.7 Å². The molecule has 21 heavy (non-hydrogen) atoms. The van der Waals surface area contributed by atoms with Crippen LogP contribution in [0.25, 0.3) is 11.7 Å². The molecule has 1 fully saturated rings. The fourth-order valence-electron chi connectivity index (χ4n) is 3.22. The largest absolute Gasteiger partial charge is 0.455 e. The first kappa shape index (κ1) is 14.3. The van der Waals surface area contributed by atoms with Crippen molar-refractivity contribution in [3.05, 3.63) is 23.7 Å². The van der Waals surface area contributed by atoms with E-state index in [4.69, 9.17) is 14.7 Å². The quantitative estimate of drug-likeness (QED) is 0.904. The molecule has 114 valence electrons. The Morgan fingerprint density at radius 2 is 2.05 bits per heavy atom. The molecule has 0 spiro atoms. The summed E-state index contributed by atoms with van der Waals surface area (Å²) in [6.07, 6.45) is 7.51. The second-order valence-electron chi connectivity index (χ2n) is 5.93. The summed E-state index contributed by atoms with van der Waals surface area (Å²) in [5, 5.41) is 4.14. The molecule has 0 atom stereocenters. The lowest BCUT2D eigenvalue weighted by molar-refractivity contribution is 0.296. The van der Waals surface area contributed by atoms with Gasteiger partial charge in [-0.3, -0.25) is 0 Å². The van der Waals surface area contributed by atoms with Crippen LogP contribution in [0.15, 0.2) is 21.1 Å². The third-order valence-corrected chi connectivity index (χ3v) is 4.42. The van der Waals surface area contributed by atoms with Crippen LogP contribution < -0.4 is 5.73 Å². The number of hydrogen-bond acceptors (Lipinski definition) is 5. The topological polar surface area (TPSA) is 78.1 Å². The van der Waals surface area contributed by atoms with Gasteiger partial charge in [-0.1, -0.05) is 24.9 Å². The lowest BCUT2D eigenvalue weighted by atomic mass is 9.80. The lowest BCUT2D eigenvalue weighted by Crippen LogP contribution is -2.14. The van der Waals surface area contributed by atoms with E-state index in [0.717, 1.165) is 30.3 Å². The standard InChI is InChI=1S/C16H23N3O2/c1-2-3-11-4-6-12(7-5-11)15-18-16(21-19-15)14-9-8-13(10-17)20-14/h8-9,11-12H,2-7,10,17H2,1H3. The molecule has 0 amide bonds. The van der Waals surface area contributed by atoms with Crippen LogP contribution in [0.3, 0.4) is 0 Å². The Labute approximate surface area is 124 Å². The van der Waals surface area contributed by atoms with Gasteiger partial charge in [-0.25, -0.2) is 0 Å². The highest BCUT2D eigenvalue weighted by Gasteiger charge is 2.26. The van der Waals surface area contributed by atoms with Crippen LogP contribution in [-0.4, -0.2) is 10.1 Å². The van der Waals surface area contributed by atoms with E-state index in [1.165, 1.54) is 25.7 Å². The van der Waals surface area contributed by atoms with Crippen LogP contribution in [0.2, 0.25) is 0 Å². The number of nitrogens with two attached hydrogens (primary N) is 1. The summed E-state index contributed by atoms with van der Waals surface area (Å²) in [4.78, 5) is 4.51. The molecule has 5 heteroatoms. The molecule has 2 aromatic heterocycles. The minimum Gasteiger partial charge on any atom is -0.455 e. The van der Waals surface area contributed by atoms with Gasteiger partial charge in [-0.05, 0) is 43.7 Å². The average Bonchev–Trinajstić information content (AvgIpc) is 3.17. The molecule has 0 unspecified atom stereocenters. The maximum Gasteiger partial charge on any atom is 0.293 e. The minimum absolute atomic E-state index is 0.377. The molecular formula is C16H23N3O2. The van der Waals surface area contributed by atoms with E-state index in [0.29, 0.717) is 24.1 Å². The number of nitrogens with zero attached hydrogens (tertiary/aromatic N) is 2. The van der Waals surface area contributed by atoms with Gasteiger partial charge in [0.2, 0.25) is 0 Å². The van der Waals surface area contributed by atoms with Crippen LogP contribution >= 0.6 is 0 Å². The fourth-order valence-corrected chi connectivity index (χ4v) is 3.22. The van der Waals surface area contributed by atoms with Crippen molar-refractivity contribution in [1.82, 2.24) is 10.1 Å². The van der Waals surface area contributed by atoms with Gasteiger partial charge in [0.15, 0.2) is 11.6 Å². The number of aromatic nitrogens is 2. The number of furan rings is 1. The molecule has 2 heterocycles. The maximum absolute atomic E-state index is 5.55. The molecule has 2 N–H and O–H groups in total. The Morgan fingerprint density at radius 1 is 1.24 bits per heavy atom. The third kappa shape index (κ3) is 3.18. The van der Waals surface area contributed by atoms with Crippen molar-refractivity contribution >= 4 is 0 Å². The molecule has 0 aromatic carbocycles. The molecule has 0 radical (unpaired) electrons. The fraction of sp³-hybridized carbons (Fsp3) is 0.625. The molecule has 0 aliphatic heterocycles. The van der Waals surface area contributed by atoms with Gasteiger partial charge in [0.1, 0.15) is 5.76 Å². The van der Waals surface area contributed by atoms with Gasteiger partial charge in [-0.2, -0.15) is 4.98 Å². The monoisotopic (exact) mass is 289 g/mol. The zero-order valence-corrected chi connectivity index (χ0v) is 12.5. The predicted molar refractivity (Wildman–Crippen MR) is 79.5 cm³/mol. The van der Waals surface area contributed by atoms with Crippen molar-refractivity contribution in [3.63, 3.8) is 0 Å². The van der Waals surface area contributed by atoms with Crippen LogP contribution in [0.4, 0.5) is 0 Å². The van der Waals surface area contributed by atoms with Crippen LogP contribution in [0, 0.1) is 5.92 Å². The highest BCUT2D eigenvalue weighted by molar-refractivity contribution is 5.44. The van der Waals surface area contributed by atoms with Crippen molar-refractivity contribution in [2.24, 2.45) is 11.7 Å². The summed E-state index contributed by atoms with van der Waals surface area (Å²) in [5.74, 6) is 3.93. The van der Waals surface area contributed by atoms with Crippen molar-refractivity contribution < 1.29 is 8.94 Å². The Balaban J connectivity index is 1.65. The van der Waals surface area contributed by atoms with Gasteiger partial charge >= 0.3 is 0 Å². The maximum atomic E-state index is 5.55. The zero-order chi connectivity index (χ0) is 14.7. The first-order valence-electron chi connectivity index (χ1n) is 7.93. The second-order valence-corrected chi connectivity index (χ2v) is 5.93. The molecule has 0 bridgehead atoms. The molecule has 5 nitrogen and oxygen atoms in total. The summed E-state index contributed by atoms with van der Waals surface area (Å²) in [5.41, 5.74) is 5.54. The molecular weight excluding hydrogens is 266 g/mol. The highest BCUT2D eigenvalue weighted by Crippen LogP contribution is 2.37. The second kappa shape index (κ2) is 6.43. The van der Waals surface area contributed by atoms with Gasteiger partial charge in [0.25, 0.3) is 5.89 Å². The first-order chi connectivity index (χ1) is 10.3. The SMILES string of the molecule is CCCC1CCC(c2noc(-c3ccc(CN)o3)n2)CC1. The lowest BCUT2D eigenvalue weighted by Gasteiger charge is -2.26. The van der Waals surface area contributed by atoms with E-state index >= 15 is 0 Å². The van der Waals surface area contributed by atoms with Crippen molar-refractivity contribution in [2.75, 3.05) is 0 Å². The first-order valence-corrected chi connectivity index (χ1v) is 7.93. The normalized spacial score (nSPS) is 22.6. The average molecular weight is 289 g/mol. The van der Waals surface area contributed by atoms with Crippen molar-refractivity contribution in [2.45, 2.75) is 57.9 Å². The molecule has 3 rings (SSSR count). The molecule has 0 saturated heterocycles. The summed E-state index contributed by atoms with van der Waals surface area (Å²) < 4.78 is 10.9. The minimum atomic E-state index is 0.377. The Morgan fingerprint density at radius 3 is 2.71 bits per heavy atom. The van der Waals surface area contributed by atoms with Crippen LogP contribution in [0.1, 0.15) is 63.0 Å². The number of rotatable bonds is 5. The van der Waals surface area contributed by atoms with Gasteiger partial charge in [-0.15, -0.1) is 0 Å². The van der Waals surface area contributed by atoms with Gasteiger partial charge < -0.3 is 14.7 Å². The van der Waals surface area contributed by atoms with Crippen LogP contribution in [0.5, 0.6) is 0 Å². The third-order valence-electron chi connectivity index (χ3n) is 4.42. The van der Waals surface area contributed by atoms with Crippen LogP contribution in [-0.2, 0) is 6.54 Å². The van der Waals surface area contributed by atoms with Crippen molar-refractivity contribution in [1.29, 1.82) is 0 Å². The molecule has 2 aromatic rings. The highest BCUT2D eigenvalue weighted by atomic mass is 16.5. The molecule has 1 saturated carbocycles.